The van der Waals surface area contributed by atoms with E-state index in [-0.39, 0.29) is 35.6 Å². The molecule has 1 fully saturated rings. The van der Waals surface area contributed by atoms with E-state index < -0.39 is 22.1 Å². The van der Waals surface area contributed by atoms with Crippen LogP contribution in [0.2, 0.25) is 0 Å². The predicted octanol–water partition coefficient (Wildman–Crippen LogP) is 2.13. The Morgan fingerprint density at radius 2 is 2.00 bits per heavy atom. The summed E-state index contributed by atoms with van der Waals surface area (Å²) in [7, 11) is -3.57. The maximum absolute atomic E-state index is 12.3. The number of amides is 1. The number of fused-ring (bicyclic) bond motifs is 1. The Balaban J connectivity index is 1.43. The number of hydrogen-bond acceptors (Lipinski definition) is 6. The van der Waals surface area contributed by atoms with Crippen LogP contribution in [0.15, 0.2) is 34.2 Å². The summed E-state index contributed by atoms with van der Waals surface area (Å²) >= 11 is 0. The van der Waals surface area contributed by atoms with Crippen molar-refractivity contribution in [3.63, 3.8) is 0 Å². The number of nitrogens with zero attached hydrogens (tertiary/aromatic N) is 1. The van der Waals surface area contributed by atoms with E-state index >= 15 is 0 Å². The Morgan fingerprint density at radius 3 is 2.77 bits per heavy atom. The summed E-state index contributed by atoms with van der Waals surface area (Å²) in [6, 6.07) is 6.75. The Morgan fingerprint density at radius 1 is 1.27 bits per heavy atom. The van der Waals surface area contributed by atoms with Crippen LogP contribution in [-0.4, -0.2) is 44.8 Å². The summed E-state index contributed by atoms with van der Waals surface area (Å²) < 4.78 is 31.8. The molecule has 2 aliphatic rings. The van der Waals surface area contributed by atoms with Gasteiger partial charge in [-0.05, 0) is 44.2 Å². The molecule has 1 aromatic rings. The van der Waals surface area contributed by atoms with Crippen molar-refractivity contribution in [1.29, 1.82) is 0 Å². The van der Waals surface area contributed by atoms with E-state index in [0.717, 1.165) is 19.3 Å². The molecule has 0 saturated heterocycles. The van der Waals surface area contributed by atoms with Crippen molar-refractivity contribution in [2.75, 3.05) is 6.54 Å². The highest BCUT2D eigenvalue weighted by molar-refractivity contribution is 7.90. The molecule has 0 unspecified atom stereocenters. The molecule has 1 aromatic carbocycles. The third-order valence-corrected chi connectivity index (χ3v) is 6.99. The first-order valence-corrected chi connectivity index (χ1v) is 11.9. The van der Waals surface area contributed by atoms with Gasteiger partial charge in [-0.25, -0.2) is 8.42 Å². The number of rotatable bonds is 7. The van der Waals surface area contributed by atoms with Crippen molar-refractivity contribution in [3.05, 3.63) is 29.8 Å². The van der Waals surface area contributed by atoms with E-state index in [1.165, 1.54) is 12.5 Å². The minimum Gasteiger partial charge on any atom is -0.453 e. The van der Waals surface area contributed by atoms with Crippen LogP contribution in [0, 0.1) is 5.92 Å². The third kappa shape index (κ3) is 5.38. The van der Waals surface area contributed by atoms with Gasteiger partial charge in [0, 0.05) is 24.6 Å². The van der Waals surface area contributed by atoms with E-state index in [9.17, 15) is 18.0 Å². The van der Waals surface area contributed by atoms with Crippen molar-refractivity contribution in [2.45, 2.75) is 69.4 Å². The van der Waals surface area contributed by atoms with Crippen molar-refractivity contribution < 1.29 is 22.7 Å². The number of carbonyl (C=O) groups excluding carboxylic acids is 2. The minimum absolute atomic E-state index is 0.0998. The first kappa shape index (κ1) is 22.3. The normalized spacial score (nSPS) is 24.5. The second-order valence-corrected chi connectivity index (χ2v) is 9.60. The molecule has 0 bridgehead atoms. The molecule has 164 valence electrons. The Hall–Kier alpha value is -2.42. The number of sulfonamides is 1. The van der Waals surface area contributed by atoms with Crippen molar-refractivity contribution in [3.8, 4) is 0 Å². The highest BCUT2D eigenvalue weighted by atomic mass is 32.2. The quantitative estimate of drug-likeness (QED) is 0.503. The maximum Gasteiger partial charge on any atom is 0.306 e. The van der Waals surface area contributed by atoms with Gasteiger partial charge in [-0.3, -0.25) is 19.3 Å². The van der Waals surface area contributed by atoms with E-state index in [1.807, 2.05) is 0 Å². The van der Waals surface area contributed by atoms with Crippen molar-refractivity contribution >= 4 is 27.7 Å². The zero-order chi connectivity index (χ0) is 21.7. The molecular formula is C21H29N3O5S. The monoisotopic (exact) mass is 435 g/mol. The molecule has 1 heterocycles. The summed E-state index contributed by atoms with van der Waals surface area (Å²) in [6.45, 7) is 3.97. The number of carbonyl (C=O) groups is 2. The number of amidine groups is 1. The van der Waals surface area contributed by atoms with Crippen LogP contribution in [0.3, 0.4) is 0 Å². The van der Waals surface area contributed by atoms with Crippen LogP contribution < -0.4 is 10.0 Å². The lowest BCUT2D eigenvalue weighted by molar-refractivity contribution is -0.155. The van der Waals surface area contributed by atoms with E-state index in [0.29, 0.717) is 17.9 Å². The zero-order valence-electron chi connectivity index (χ0n) is 17.4. The topological polar surface area (TPSA) is 114 Å². The highest BCUT2D eigenvalue weighted by Gasteiger charge is 2.30. The molecule has 2 N–H and O–H groups in total. The number of esters is 1. The van der Waals surface area contributed by atoms with Crippen LogP contribution >= 0.6 is 0 Å². The molecule has 0 spiro atoms. The van der Waals surface area contributed by atoms with E-state index in [2.05, 4.69) is 22.0 Å². The van der Waals surface area contributed by atoms with Gasteiger partial charge in [-0.2, -0.15) is 0 Å². The summed E-state index contributed by atoms with van der Waals surface area (Å²) in [5.41, 5.74) is 0.530. The summed E-state index contributed by atoms with van der Waals surface area (Å²) in [5, 5.41) is 2.99. The van der Waals surface area contributed by atoms with Crippen LogP contribution in [0.5, 0.6) is 0 Å². The lowest BCUT2D eigenvalue weighted by Gasteiger charge is -2.30. The number of hydrogen-bond donors (Lipinski definition) is 2. The van der Waals surface area contributed by atoms with Crippen LogP contribution in [0.25, 0.3) is 0 Å². The summed E-state index contributed by atoms with van der Waals surface area (Å²) in [6.07, 6.45) is 4.00. The van der Waals surface area contributed by atoms with Gasteiger partial charge in [0.1, 0.15) is 5.84 Å². The summed E-state index contributed by atoms with van der Waals surface area (Å²) in [4.78, 5) is 28.8. The Labute approximate surface area is 177 Å². The molecule has 3 rings (SSSR count). The zero-order valence-corrected chi connectivity index (χ0v) is 18.2. The van der Waals surface area contributed by atoms with Gasteiger partial charge in [-0.1, -0.05) is 31.9 Å². The molecule has 8 nitrogen and oxygen atoms in total. The smallest absolute Gasteiger partial charge is 0.306 e. The first-order chi connectivity index (χ1) is 14.3. The molecule has 30 heavy (non-hydrogen) atoms. The summed E-state index contributed by atoms with van der Waals surface area (Å²) in [5.74, 6) is -0.0163. The standard InChI is InChI=1S/C21H29N3O5S/c1-14-8-3-5-10-17(14)23-21(26)15(2)29-19(25)12-7-13-22-20-16-9-4-6-11-18(16)30(27,28)24-20/h4,6,9,11,14-15,17H,3,5,7-8,10,12-13H2,1-2H3,(H,22,24)(H,23,26)/t14-,15-,17-/m1/s1. The molecule has 1 aliphatic heterocycles. The highest BCUT2D eigenvalue weighted by Crippen LogP contribution is 2.24. The van der Waals surface area contributed by atoms with E-state index in [1.54, 1.807) is 25.1 Å². The Bertz CT molecular complexity index is 928. The number of ether oxygens (including phenoxy) is 1. The SMILES string of the molecule is C[C@@H]1CCCC[C@H]1NC(=O)[C@@H](C)OC(=O)CCCN=C1NS(=O)(=O)c2ccccc21. The molecule has 1 amide bonds. The first-order valence-electron chi connectivity index (χ1n) is 10.4. The average Bonchev–Trinajstić information content (AvgIpc) is 2.97. The number of nitrogens with one attached hydrogen (secondary N) is 2. The van der Waals surface area contributed by atoms with E-state index in [4.69, 9.17) is 4.74 Å². The van der Waals surface area contributed by atoms with Gasteiger partial charge in [0.2, 0.25) is 0 Å². The predicted molar refractivity (Wildman–Crippen MR) is 113 cm³/mol. The van der Waals surface area contributed by atoms with Gasteiger partial charge in [0.25, 0.3) is 15.9 Å². The second kappa shape index (κ2) is 9.59. The lowest BCUT2D eigenvalue weighted by Crippen LogP contribution is -2.45. The molecular weight excluding hydrogens is 406 g/mol. The molecule has 0 radical (unpaired) electrons. The van der Waals surface area contributed by atoms with Crippen molar-refractivity contribution in [1.82, 2.24) is 10.0 Å². The molecule has 9 heteroatoms. The average molecular weight is 436 g/mol. The largest absolute Gasteiger partial charge is 0.453 e. The third-order valence-electron chi connectivity index (χ3n) is 5.59. The fourth-order valence-corrected chi connectivity index (χ4v) is 5.06. The number of benzene rings is 1. The fourth-order valence-electron chi connectivity index (χ4n) is 3.81. The van der Waals surface area contributed by atoms with Gasteiger partial charge < -0.3 is 10.1 Å². The molecule has 0 aromatic heterocycles. The van der Waals surface area contributed by atoms with Crippen LogP contribution in [0.1, 0.15) is 57.9 Å². The van der Waals surface area contributed by atoms with Crippen molar-refractivity contribution in [2.24, 2.45) is 10.9 Å². The van der Waals surface area contributed by atoms with Gasteiger partial charge in [-0.15, -0.1) is 0 Å². The minimum atomic E-state index is -3.57. The Kier molecular flexibility index (Phi) is 7.12. The second-order valence-electron chi connectivity index (χ2n) is 7.94. The maximum atomic E-state index is 12.3. The molecule has 1 aliphatic carbocycles. The van der Waals surface area contributed by atoms with Gasteiger partial charge in [0.05, 0.1) is 4.90 Å². The van der Waals surface area contributed by atoms with Crippen LogP contribution in [0.4, 0.5) is 0 Å². The lowest BCUT2D eigenvalue weighted by atomic mass is 9.86. The fraction of sp³-hybridized carbons (Fsp3) is 0.571. The molecule has 3 atom stereocenters. The van der Waals surface area contributed by atoms with Crippen LogP contribution in [-0.2, 0) is 24.3 Å². The number of aliphatic imine (C=N–C) groups is 1. The molecule has 1 saturated carbocycles. The van der Waals surface area contributed by atoms with Gasteiger partial charge in [0.15, 0.2) is 6.10 Å². The van der Waals surface area contributed by atoms with Gasteiger partial charge >= 0.3 is 5.97 Å².